The summed E-state index contributed by atoms with van der Waals surface area (Å²) in [5.74, 6) is -1.14. The van der Waals surface area contributed by atoms with Crippen molar-refractivity contribution in [3.05, 3.63) is 259 Å². The van der Waals surface area contributed by atoms with Crippen molar-refractivity contribution in [3.8, 4) is 0 Å². The summed E-state index contributed by atoms with van der Waals surface area (Å²) in [4.78, 5) is 67.9. The fraction of sp³-hybridized carbons (Fsp3) is 0.316. The molecule has 2 aliphatic carbocycles. The molecule has 12 rings (SSSR count). The Morgan fingerprint density at radius 2 is 0.417 bits per heavy atom. The minimum Gasteiger partial charge on any atom is -0.285 e. The van der Waals surface area contributed by atoms with Gasteiger partial charge in [-0.05, 0) is 178 Å². The third-order valence-electron chi connectivity index (χ3n) is 18.7. The fourth-order valence-corrected chi connectivity index (χ4v) is 15.6. The van der Waals surface area contributed by atoms with E-state index in [1.54, 1.807) is 27.7 Å². The van der Waals surface area contributed by atoms with Crippen LogP contribution in [-0.2, 0) is 19.2 Å². The van der Waals surface area contributed by atoms with E-state index >= 15 is 0 Å². The SMILES string of the molecule is Cc1cc(C)c(N2C(=O)C(C)(C)C(=O)N(c3c(C)cc(C)cc3C)C23[C@@H](c2ccccc2)[C@@H]3c2ccccc2)c(C)c1.Cc1cc(C)c(N2C(=O)C(C)(C)C(=O)N(c3c(C)cc(C)cc3C)C23[C@@H](c2ccccc2)[C@@H]3c2ccccc2)c(C)c1. The summed E-state index contributed by atoms with van der Waals surface area (Å²) < 4.78 is 0. The average molecular weight is 1110 g/mol. The zero-order valence-corrected chi connectivity index (χ0v) is 51.9. The van der Waals surface area contributed by atoms with Gasteiger partial charge >= 0.3 is 0 Å². The molecule has 2 aliphatic heterocycles. The van der Waals surface area contributed by atoms with Crippen molar-refractivity contribution in [1.82, 2.24) is 0 Å². The molecule has 2 saturated carbocycles. The van der Waals surface area contributed by atoms with Crippen molar-refractivity contribution >= 4 is 46.4 Å². The lowest BCUT2D eigenvalue weighted by molar-refractivity contribution is -0.143. The predicted octanol–water partition coefficient (Wildman–Crippen LogP) is 16.4. The normalized spacial score (nSPS) is 20.8. The molecule has 428 valence electrons. The Bertz CT molecular complexity index is 3350. The van der Waals surface area contributed by atoms with Gasteiger partial charge in [0.15, 0.2) is 0 Å². The summed E-state index contributed by atoms with van der Waals surface area (Å²) in [5, 5.41) is 0. The van der Waals surface area contributed by atoms with Gasteiger partial charge in [0.05, 0.1) is 22.7 Å². The molecule has 4 aliphatic rings. The third-order valence-corrected chi connectivity index (χ3v) is 18.7. The predicted molar refractivity (Wildman–Crippen MR) is 342 cm³/mol. The topological polar surface area (TPSA) is 81.2 Å². The van der Waals surface area contributed by atoms with Gasteiger partial charge < -0.3 is 0 Å². The largest absolute Gasteiger partial charge is 0.285 e. The third kappa shape index (κ3) is 8.68. The Morgan fingerprint density at radius 3 is 0.571 bits per heavy atom. The van der Waals surface area contributed by atoms with Crippen LogP contribution in [0, 0.1) is 93.9 Å². The summed E-state index contributed by atoms with van der Waals surface area (Å²) in [5.41, 5.74) is 16.5. The molecule has 0 N–H and O–H groups in total. The quantitative estimate of drug-likeness (QED) is 0.142. The van der Waals surface area contributed by atoms with Gasteiger partial charge in [-0.25, -0.2) is 0 Å². The highest BCUT2D eigenvalue weighted by Gasteiger charge is 2.80. The molecule has 2 spiro atoms. The Labute approximate surface area is 498 Å². The molecule has 8 aromatic carbocycles. The van der Waals surface area contributed by atoms with Gasteiger partial charge in [0.25, 0.3) is 0 Å². The van der Waals surface area contributed by atoms with E-state index in [0.717, 1.165) is 112 Å². The van der Waals surface area contributed by atoms with E-state index in [0.29, 0.717) is 0 Å². The second kappa shape index (κ2) is 20.8. The molecule has 8 aromatic rings. The highest BCUT2D eigenvalue weighted by molar-refractivity contribution is 6.24. The number of benzene rings is 8. The van der Waals surface area contributed by atoms with Crippen LogP contribution in [0.25, 0.3) is 0 Å². The molecule has 0 unspecified atom stereocenters. The van der Waals surface area contributed by atoms with E-state index in [1.807, 2.05) is 43.9 Å². The van der Waals surface area contributed by atoms with Crippen LogP contribution in [0.4, 0.5) is 22.7 Å². The van der Waals surface area contributed by atoms with Crippen LogP contribution in [0.5, 0.6) is 0 Å². The molecule has 0 radical (unpaired) electrons. The Hall–Kier alpha value is -8.36. The molecule has 4 fully saturated rings. The van der Waals surface area contributed by atoms with Crippen molar-refractivity contribution in [2.24, 2.45) is 10.8 Å². The summed E-state index contributed by atoms with van der Waals surface area (Å²) in [7, 11) is 0. The Balaban J connectivity index is 0.000000175. The summed E-state index contributed by atoms with van der Waals surface area (Å²) in [6.07, 6.45) is 0. The Kier molecular flexibility index (Phi) is 14.2. The lowest BCUT2D eigenvalue weighted by Gasteiger charge is -2.52. The number of hydrogen-bond acceptors (Lipinski definition) is 4. The second-order valence-electron chi connectivity index (χ2n) is 25.9. The summed E-state index contributed by atoms with van der Waals surface area (Å²) in [6, 6.07) is 58.9. The number of carbonyl (C=O) groups excluding carboxylic acids is 4. The maximum absolute atomic E-state index is 14.9. The van der Waals surface area contributed by atoms with Crippen molar-refractivity contribution < 1.29 is 19.2 Å². The van der Waals surface area contributed by atoms with Crippen LogP contribution >= 0.6 is 0 Å². The second-order valence-corrected chi connectivity index (χ2v) is 25.9. The van der Waals surface area contributed by atoms with Gasteiger partial charge in [0, 0.05) is 23.7 Å². The maximum atomic E-state index is 14.9. The van der Waals surface area contributed by atoms with Crippen molar-refractivity contribution in [2.45, 2.75) is 146 Å². The van der Waals surface area contributed by atoms with Gasteiger partial charge in [-0.15, -0.1) is 0 Å². The standard InChI is InChI=1S/2C38H40N2O2/c2*1-23-19-25(3)33(26(4)20-23)39-35(41)37(7,8)36(42)40(34-27(5)21-24(2)22-28(34)6)38(39)31(29-15-11-9-12-16-29)32(38)30-17-13-10-14-18-30/h2*9-22,31-32H,1-8H3/t2*31-,32-/m00/s1. The van der Waals surface area contributed by atoms with Crippen LogP contribution in [0.3, 0.4) is 0 Å². The molecule has 0 bridgehead atoms. The zero-order chi connectivity index (χ0) is 60.3. The number of rotatable bonds is 8. The van der Waals surface area contributed by atoms with Gasteiger partial charge in [0.1, 0.15) is 22.2 Å². The fourth-order valence-electron chi connectivity index (χ4n) is 15.6. The van der Waals surface area contributed by atoms with Crippen LogP contribution in [0.15, 0.2) is 170 Å². The van der Waals surface area contributed by atoms with Crippen molar-refractivity contribution in [2.75, 3.05) is 19.6 Å². The van der Waals surface area contributed by atoms with Crippen LogP contribution in [0.2, 0.25) is 0 Å². The van der Waals surface area contributed by atoms with Crippen molar-refractivity contribution in [3.63, 3.8) is 0 Å². The van der Waals surface area contributed by atoms with Crippen LogP contribution < -0.4 is 19.6 Å². The van der Waals surface area contributed by atoms with E-state index in [1.165, 1.54) is 0 Å². The first-order valence-electron chi connectivity index (χ1n) is 29.7. The average Bonchev–Trinajstić information content (AvgIpc) is 1.48. The van der Waals surface area contributed by atoms with E-state index < -0.39 is 22.2 Å². The lowest BCUT2D eigenvalue weighted by atomic mass is 9.82. The van der Waals surface area contributed by atoms with Crippen LogP contribution in [0.1, 0.15) is 140 Å². The van der Waals surface area contributed by atoms with Gasteiger partial charge in [-0.1, -0.05) is 192 Å². The van der Waals surface area contributed by atoms with E-state index in [2.05, 4.69) is 229 Å². The number of carbonyl (C=O) groups is 4. The zero-order valence-electron chi connectivity index (χ0n) is 51.9. The molecular weight excluding hydrogens is 1030 g/mol. The first-order valence-corrected chi connectivity index (χ1v) is 29.7. The van der Waals surface area contributed by atoms with Crippen molar-refractivity contribution in [1.29, 1.82) is 0 Å². The molecule has 4 atom stereocenters. The van der Waals surface area contributed by atoms with E-state index in [-0.39, 0.29) is 47.3 Å². The molecule has 8 heteroatoms. The summed E-state index contributed by atoms with van der Waals surface area (Å²) in [6.45, 7) is 32.2. The lowest BCUT2D eigenvalue weighted by Crippen LogP contribution is -2.70. The first kappa shape index (κ1) is 57.5. The molecular formula is C76H80N4O4. The number of hydrogen-bond donors (Lipinski definition) is 0. The monoisotopic (exact) mass is 1110 g/mol. The molecule has 84 heavy (non-hydrogen) atoms. The first-order chi connectivity index (χ1) is 39.8. The number of nitrogens with zero attached hydrogens (tertiary/aromatic N) is 4. The summed E-state index contributed by atoms with van der Waals surface area (Å²) >= 11 is 0. The number of anilines is 4. The molecule has 8 nitrogen and oxygen atoms in total. The molecule has 2 saturated heterocycles. The van der Waals surface area contributed by atoms with E-state index in [9.17, 15) is 19.2 Å². The molecule has 2 heterocycles. The smallest absolute Gasteiger partial charge is 0.244 e. The van der Waals surface area contributed by atoms with Gasteiger partial charge in [-0.2, -0.15) is 0 Å². The highest BCUT2D eigenvalue weighted by atomic mass is 16.2. The Morgan fingerprint density at radius 1 is 0.262 bits per heavy atom. The molecule has 0 aromatic heterocycles. The minimum atomic E-state index is -1.26. The highest BCUT2D eigenvalue weighted by Crippen LogP contribution is 2.74. The number of amides is 4. The number of aryl methyl sites for hydroxylation is 12. The van der Waals surface area contributed by atoms with Crippen LogP contribution in [-0.4, -0.2) is 35.0 Å². The minimum absolute atomic E-state index is 0.134. The molecule has 4 amide bonds. The van der Waals surface area contributed by atoms with E-state index in [4.69, 9.17) is 0 Å². The van der Waals surface area contributed by atoms with Gasteiger partial charge in [-0.3, -0.25) is 38.8 Å². The van der Waals surface area contributed by atoms with Gasteiger partial charge in [0.2, 0.25) is 23.6 Å². The maximum Gasteiger partial charge on any atom is 0.244 e.